The van der Waals surface area contributed by atoms with Crippen LogP contribution in [0.4, 0.5) is 5.69 Å². The summed E-state index contributed by atoms with van der Waals surface area (Å²) in [6, 6.07) is 17.5. The van der Waals surface area contributed by atoms with Crippen molar-refractivity contribution >= 4 is 40.9 Å². The maximum absolute atomic E-state index is 12.9. The number of aryl methyl sites for hydroxylation is 1. The quantitative estimate of drug-likeness (QED) is 0.316. The second-order valence-corrected chi connectivity index (χ2v) is 7.84. The minimum atomic E-state index is -1.02. The number of halogens is 1. The number of amides is 2. The lowest BCUT2D eigenvalue weighted by atomic mass is 10.0. The Kier molecular flexibility index (Phi) is 5.63. The molecule has 4 rings (SSSR count). The van der Waals surface area contributed by atoms with E-state index in [0.717, 1.165) is 10.5 Å². The molecule has 2 amide bonds. The predicted molar refractivity (Wildman–Crippen MR) is 119 cm³/mol. The van der Waals surface area contributed by atoms with Gasteiger partial charge in [-0.3, -0.25) is 14.4 Å². The van der Waals surface area contributed by atoms with Gasteiger partial charge < -0.3 is 4.74 Å². The van der Waals surface area contributed by atoms with Gasteiger partial charge in [0, 0.05) is 5.56 Å². The molecule has 3 aromatic rings. The van der Waals surface area contributed by atoms with Crippen LogP contribution in [0.15, 0.2) is 66.7 Å². The number of hydrogen-bond acceptors (Lipinski definition) is 5. The third kappa shape index (κ3) is 3.81. The Bertz CT molecular complexity index is 1270. The van der Waals surface area contributed by atoms with E-state index >= 15 is 0 Å². The summed E-state index contributed by atoms with van der Waals surface area (Å²) in [7, 11) is 0. The molecular formula is C25H18ClNO5. The van der Waals surface area contributed by atoms with Crippen LogP contribution in [0.3, 0.4) is 0 Å². The molecule has 1 unspecified atom stereocenters. The van der Waals surface area contributed by atoms with E-state index in [-0.39, 0.29) is 33.2 Å². The summed E-state index contributed by atoms with van der Waals surface area (Å²) in [5, 5.41) is 0.255. The van der Waals surface area contributed by atoms with Crippen LogP contribution in [0, 0.1) is 6.92 Å². The number of ether oxygens (including phenoxy) is 1. The SMILES string of the molecule is Cc1ccc(C(=O)C(C)OC(=O)c2ccc3c(c2)C(=O)N(c2ccccc2Cl)C3=O)cc1. The van der Waals surface area contributed by atoms with Crippen LogP contribution in [-0.4, -0.2) is 29.7 Å². The maximum Gasteiger partial charge on any atom is 0.338 e. The van der Waals surface area contributed by atoms with Crippen molar-refractivity contribution in [2.24, 2.45) is 0 Å². The van der Waals surface area contributed by atoms with Crippen molar-refractivity contribution in [2.45, 2.75) is 20.0 Å². The number of Topliss-reactive ketones (excluding diaryl/α,β-unsaturated/α-hetero) is 1. The van der Waals surface area contributed by atoms with Crippen LogP contribution in [0.2, 0.25) is 5.02 Å². The van der Waals surface area contributed by atoms with Gasteiger partial charge in [-0.1, -0.05) is 53.6 Å². The minimum Gasteiger partial charge on any atom is -0.451 e. The van der Waals surface area contributed by atoms with E-state index in [1.54, 1.807) is 48.5 Å². The van der Waals surface area contributed by atoms with Gasteiger partial charge >= 0.3 is 5.97 Å². The van der Waals surface area contributed by atoms with Gasteiger partial charge in [-0.05, 0) is 44.2 Å². The lowest BCUT2D eigenvalue weighted by Crippen LogP contribution is -2.29. The average molecular weight is 448 g/mol. The number of fused-ring (bicyclic) bond motifs is 1. The lowest BCUT2D eigenvalue weighted by Gasteiger charge is -2.15. The van der Waals surface area contributed by atoms with Crippen molar-refractivity contribution in [2.75, 3.05) is 4.90 Å². The van der Waals surface area contributed by atoms with Crippen molar-refractivity contribution in [1.29, 1.82) is 0 Å². The van der Waals surface area contributed by atoms with E-state index in [4.69, 9.17) is 16.3 Å². The van der Waals surface area contributed by atoms with Crippen molar-refractivity contribution in [3.8, 4) is 0 Å². The summed E-state index contributed by atoms with van der Waals surface area (Å²) < 4.78 is 5.32. The zero-order valence-electron chi connectivity index (χ0n) is 17.3. The fraction of sp³-hybridized carbons (Fsp3) is 0.120. The molecule has 0 aromatic heterocycles. The van der Waals surface area contributed by atoms with E-state index in [0.29, 0.717) is 5.56 Å². The van der Waals surface area contributed by atoms with Gasteiger partial charge in [0.1, 0.15) is 0 Å². The summed E-state index contributed by atoms with van der Waals surface area (Å²) >= 11 is 6.15. The molecule has 0 fully saturated rings. The fourth-order valence-electron chi connectivity index (χ4n) is 3.45. The Morgan fingerprint density at radius 2 is 1.50 bits per heavy atom. The zero-order chi connectivity index (χ0) is 23.0. The molecule has 1 aliphatic heterocycles. The molecule has 0 saturated heterocycles. The van der Waals surface area contributed by atoms with E-state index in [1.165, 1.54) is 25.1 Å². The Morgan fingerprint density at radius 3 is 2.19 bits per heavy atom. The van der Waals surface area contributed by atoms with Gasteiger partial charge in [0.15, 0.2) is 6.10 Å². The number of esters is 1. The van der Waals surface area contributed by atoms with Crippen LogP contribution in [0.25, 0.3) is 0 Å². The first-order valence-electron chi connectivity index (χ1n) is 9.87. The Hall–Kier alpha value is -3.77. The van der Waals surface area contributed by atoms with Gasteiger partial charge in [-0.15, -0.1) is 0 Å². The van der Waals surface area contributed by atoms with Crippen LogP contribution in [0.5, 0.6) is 0 Å². The van der Waals surface area contributed by atoms with Crippen LogP contribution >= 0.6 is 11.6 Å². The number of anilines is 1. The average Bonchev–Trinajstić information content (AvgIpc) is 3.03. The number of benzene rings is 3. The van der Waals surface area contributed by atoms with Crippen molar-refractivity contribution in [1.82, 2.24) is 0 Å². The molecule has 0 N–H and O–H groups in total. The van der Waals surface area contributed by atoms with E-state index < -0.39 is 23.9 Å². The van der Waals surface area contributed by atoms with Crippen LogP contribution in [-0.2, 0) is 4.74 Å². The summed E-state index contributed by atoms with van der Waals surface area (Å²) in [6.45, 7) is 3.39. The van der Waals surface area contributed by atoms with E-state index in [9.17, 15) is 19.2 Å². The van der Waals surface area contributed by atoms with Gasteiger partial charge in [-0.25, -0.2) is 9.69 Å². The summed E-state index contributed by atoms with van der Waals surface area (Å²) in [4.78, 5) is 51.8. The Morgan fingerprint density at radius 1 is 0.875 bits per heavy atom. The minimum absolute atomic E-state index is 0.0643. The maximum atomic E-state index is 12.9. The highest BCUT2D eigenvalue weighted by atomic mass is 35.5. The van der Waals surface area contributed by atoms with Gasteiger partial charge in [0.2, 0.25) is 5.78 Å². The van der Waals surface area contributed by atoms with Gasteiger partial charge in [0.05, 0.1) is 27.4 Å². The molecule has 0 radical (unpaired) electrons. The molecule has 160 valence electrons. The molecule has 0 saturated carbocycles. The monoisotopic (exact) mass is 447 g/mol. The predicted octanol–water partition coefficient (Wildman–Crippen LogP) is 4.88. The number of carbonyl (C=O) groups is 4. The second kappa shape index (κ2) is 8.40. The van der Waals surface area contributed by atoms with Crippen molar-refractivity contribution in [3.05, 3.63) is 99.6 Å². The number of hydrogen-bond donors (Lipinski definition) is 0. The normalized spacial score (nSPS) is 13.7. The molecule has 0 spiro atoms. The number of imide groups is 1. The first kappa shape index (κ1) is 21.5. The zero-order valence-corrected chi connectivity index (χ0v) is 18.1. The van der Waals surface area contributed by atoms with Crippen LogP contribution in [0.1, 0.15) is 53.9 Å². The first-order chi connectivity index (χ1) is 15.3. The highest BCUT2D eigenvalue weighted by molar-refractivity contribution is 6.39. The molecule has 1 heterocycles. The molecule has 6 nitrogen and oxygen atoms in total. The first-order valence-corrected chi connectivity index (χ1v) is 10.2. The summed E-state index contributed by atoms with van der Waals surface area (Å²) in [6.07, 6.45) is -1.02. The topological polar surface area (TPSA) is 80.8 Å². The lowest BCUT2D eigenvalue weighted by molar-refractivity contribution is 0.0318. The molecule has 7 heteroatoms. The molecule has 0 aliphatic carbocycles. The molecule has 1 atom stereocenters. The third-order valence-electron chi connectivity index (χ3n) is 5.20. The fourth-order valence-corrected chi connectivity index (χ4v) is 3.67. The summed E-state index contributed by atoms with van der Waals surface area (Å²) in [5.41, 5.74) is 2.00. The number of para-hydroxylation sites is 1. The Labute approximate surface area is 189 Å². The number of ketones is 1. The number of nitrogens with zero attached hydrogens (tertiary/aromatic N) is 1. The highest BCUT2D eigenvalue weighted by Crippen LogP contribution is 2.33. The van der Waals surface area contributed by atoms with Gasteiger partial charge in [0.25, 0.3) is 11.8 Å². The molecule has 0 bridgehead atoms. The molecular weight excluding hydrogens is 430 g/mol. The number of carbonyl (C=O) groups excluding carboxylic acids is 4. The largest absolute Gasteiger partial charge is 0.451 e. The third-order valence-corrected chi connectivity index (χ3v) is 5.52. The summed E-state index contributed by atoms with van der Waals surface area (Å²) in [5.74, 6) is -2.22. The smallest absolute Gasteiger partial charge is 0.338 e. The highest BCUT2D eigenvalue weighted by Gasteiger charge is 2.38. The van der Waals surface area contributed by atoms with Crippen molar-refractivity contribution in [3.63, 3.8) is 0 Å². The van der Waals surface area contributed by atoms with Gasteiger partial charge in [-0.2, -0.15) is 0 Å². The van der Waals surface area contributed by atoms with E-state index in [1.807, 2.05) is 6.92 Å². The Balaban J connectivity index is 1.55. The molecule has 32 heavy (non-hydrogen) atoms. The number of rotatable bonds is 5. The van der Waals surface area contributed by atoms with Crippen molar-refractivity contribution < 1.29 is 23.9 Å². The molecule has 3 aromatic carbocycles. The van der Waals surface area contributed by atoms with E-state index in [2.05, 4.69) is 0 Å². The standard InChI is InChI=1S/C25H18ClNO5/c1-14-7-9-16(10-8-14)22(28)15(2)32-25(31)17-11-12-18-19(13-17)24(30)27(23(18)29)21-6-4-3-5-20(21)26/h3-13,15H,1-2H3. The second-order valence-electron chi connectivity index (χ2n) is 7.44. The molecule has 1 aliphatic rings. The van der Waals surface area contributed by atoms with Crippen LogP contribution < -0.4 is 4.90 Å².